The fourth-order valence-electron chi connectivity index (χ4n) is 1.75. The van der Waals surface area contributed by atoms with Gasteiger partial charge in [0.1, 0.15) is 0 Å². The van der Waals surface area contributed by atoms with Gasteiger partial charge in [-0.1, -0.05) is 45.2 Å². The second-order valence-electron chi connectivity index (χ2n) is 4.09. The number of anilines is 1. The minimum absolute atomic E-state index is 0.351. The second kappa shape index (κ2) is 6.48. The molecule has 2 rings (SSSR count). The highest BCUT2D eigenvalue weighted by Gasteiger charge is 2.22. The van der Waals surface area contributed by atoms with Crippen molar-refractivity contribution in [1.82, 2.24) is 0 Å². The van der Waals surface area contributed by atoms with E-state index < -0.39 is 12.0 Å². The summed E-state index contributed by atoms with van der Waals surface area (Å²) in [5.74, 6) is -1.03. The number of aliphatic carboxylic acids is 1. The quantitative estimate of drug-likeness (QED) is 0.792. The van der Waals surface area contributed by atoms with Crippen LogP contribution in [0.25, 0.3) is 0 Å². The Kier molecular flexibility index (Phi) is 4.91. The SMILES string of the molecule is O=C(O)C(Nc1cccc(Br)c1)c1cc(Cl)ccc1Cl. The molecule has 0 saturated carbocycles. The van der Waals surface area contributed by atoms with E-state index in [-0.39, 0.29) is 0 Å². The molecule has 0 heterocycles. The molecule has 0 fully saturated rings. The van der Waals surface area contributed by atoms with Gasteiger partial charge in [-0.25, -0.2) is 4.79 Å². The smallest absolute Gasteiger partial charge is 0.330 e. The van der Waals surface area contributed by atoms with Crippen LogP contribution in [0.5, 0.6) is 0 Å². The van der Waals surface area contributed by atoms with E-state index in [0.29, 0.717) is 21.3 Å². The lowest BCUT2D eigenvalue weighted by Gasteiger charge is -2.18. The molecule has 0 radical (unpaired) electrons. The molecule has 0 saturated heterocycles. The maximum absolute atomic E-state index is 11.5. The lowest BCUT2D eigenvalue weighted by atomic mass is 10.1. The van der Waals surface area contributed by atoms with Gasteiger partial charge in [0.2, 0.25) is 0 Å². The van der Waals surface area contributed by atoms with Gasteiger partial charge in [0.05, 0.1) is 0 Å². The minimum Gasteiger partial charge on any atom is -0.479 e. The number of halogens is 3. The van der Waals surface area contributed by atoms with Crippen LogP contribution in [0.3, 0.4) is 0 Å². The summed E-state index contributed by atoms with van der Waals surface area (Å²) in [5, 5.41) is 13.1. The number of carboxylic acid groups (broad SMARTS) is 1. The third-order valence-corrected chi connectivity index (χ3v) is 3.72. The third-order valence-electron chi connectivity index (χ3n) is 2.65. The molecule has 2 aromatic carbocycles. The zero-order chi connectivity index (χ0) is 14.7. The van der Waals surface area contributed by atoms with Crippen molar-refractivity contribution in [3.63, 3.8) is 0 Å². The Hall–Kier alpha value is -1.23. The highest BCUT2D eigenvalue weighted by Crippen LogP contribution is 2.29. The van der Waals surface area contributed by atoms with E-state index in [2.05, 4.69) is 21.2 Å². The molecular formula is C14H10BrCl2NO2. The Morgan fingerprint density at radius 1 is 1.20 bits per heavy atom. The average Bonchev–Trinajstić information content (AvgIpc) is 2.39. The van der Waals surface area contributed by atoms with Crippen LogP contribution in [0, 0.1) is 0 Å². The summed E-state index contributed by atoms with van der Waals surface area (Å²) in [6.07, 6.45) is 0. The second-order valence-corrected chi connectivity index (χ2v) is 5.85. The number of nitrogens with one attached hydrogen (secondary N) is 1. The summed E-state index contributed by atoms with van der Waals surface area (Å²) in [7, 11) is 0. The molecule has 0 spiro atoms. The van der Waals surface area contributed by atoms with E-state index >= 15 is 0 Å². The van der Waals surface area contributed by atoms with Gasteiger partial charge >= 0.3 is 5.97 Å². The van der Waals surface area contributed by atoms with Crippen molar-refractivity contribution < 1.29 is 9.90 Å². The number of carboxylic acids is 1. The van der Waals surface area contributed by atoms with Crippen LogP contribution in [-0.2, 0) is 4.79 Å². The first kappa shape index (κ1) is 15.2. The Balaban J connectivity index is 2.37. The largest absolute Gasteiger partial charge is 0.479 e. The molecule has 1 atom stereocenters. The number of hydrogen-bond donors (Lipinski definition) is 2. The van der Waals surface area contributed by atoms with Gasteiger partial charge in [0.25, 0.3) is 0 Å². The lowest BCUT2D eigenvalue weighted by molar-refractivity contribution is -0.138. The summed E-state index contributed by atoms with van der Waals surface area (Å²) in [6.45, 7) is 0. The van der Waals surface area contributed by atoms with Gasteiger partial charge in [0.15, 0.2) is 6.04 Å². The standard InChI is InChI=1S/C14H10BrCl2NO2/c15-8-2-1-3-10(6-8)18-13(14(19)20)11-7-9(16)4-5-12(11)17/h1-7,13,18H,(H,19,20). The number of rotatable bonds is 4. The van der Waals surface area contributed by atoms with Crippen molar-refractivity contribution in [2.24, 2.45) is 0 Å². The fraction of sp³-hybridized carbons (Fsp3) is 0.0714. The Morgan fingerprint density at radius 3 is 2.60 bits per heavy atom. The Bertz CT molecular complexity index is 649. The fourth-order valence-corrected chi connectivity index (χ4v) is 2.56. The third kappa shape index (κ3) is 3.66. The van der Waals surface area contributed by atoms with E-state index in [1.165, 1.54) is 0 Å². The van der Waals surface area contributed by atoms with Gasteiger partial charge in [-0.3, -0.25) is 0 Å². The molecule has 0 aliphatic heterocycles. The van der Waals surface area contributed by atoms with Crippen LogP contribution >= 0.6 is 39.1 Å². The molecule has 1 unspecified atom stereocenters. The molecule has 6 heteroatoms. The number of hydrogen-bond acceptors (Lipinski definition) is 2. The highest BCUT2D eigenvalue weighted by atomic mass is 79.9. The van der Waals surface area contributed by atoms with Crippen LogP contribution in [0.15, 0.2) is 46.9 Å². The van der Waals surface area contributed by atoms with Crippen molar-refractivity contribution in [3.05, 3.63) is 62.5 Å². The maximum Gasteiger partial charge on any atom is 0.330 e. The highest BCUT2D eigenvalue weighted by molar-refractivity contribution is 9.10. The van der Waals surface area contributed by atoms with Gasteiger partial charge in [-0.15, -0.1) is 0 Å². The summed E-state index contributed by atoms with van der Waals surface area (Å²) >= 11 is 15.3. The molecule has 20 heavy (non-hydrogen) atoms. The van der Waals surface area contributed by atoms with Crippen molar-refractivity contribution in [3.8, 4) is 0 Å². The zero-order valence-corrected chi connectivity index (χ0v) is 13.2. The van der Waals surface area contributed by atoms with Crippen LogP contribution in [-0.4, -0.2) is 11.1 Å². The van der Waals surface area contributed by atoms with Gasteiger partial charge in [-0.2, -0.15) is 0 Å². The van der Waals surface area contributed by atoms with Gasteiger partial charge < -0.3 is 10.4 Å². The molecule has 104 valence electrons. The molecular weight excluding hydrogens is 365 g/mol. The van der Waals surface area contributed by atoms with Crippen molar-refractivity contribution in [2.45, 2.75) is 6.04 Å². The first-order chi connectivity index (χ1) is 9.47. The molecule has 2 aromatic rings. The van der Waals surface area contributed by atoms with Crippen LogP contribution < -0.4 is 5.32 Å². The molecule has 0 aliphatic rings. The molecule has 3 nitrogen and oxygen atoms in total. The van der Waals surface area contributed by atoms with E-state index in [1.807, 2.05) is 12.1 Å². The van der Waals surface area contributed by atoms with E-state index in [1.54, 1.807) is 30.3 Å². The number of carbonyl (C=O) groups is 1. The van der Waals surface area contributed by atoms with Crippen LogP contribution in [0.1, 0.15) is 11.6 Å². The summed E-state index contributed by atoms with van der Waals surface area (Å²) in [5.41, 5.74) is 1.09. The van der Waals surface area contributed by atoms with E-state index in [0.717, 1.165) is 4.47 Å². The summed E-state index contributed by atoms with van der Waals surface area (Å²) < 4.78 is 0.851. The minimum atomic E-state index is -1.03. The topological polar surface area (TPSA) is 49.3 Å². The maximum atomic E-state index is 11.5. The van der Waals surface area contributed by atoms with E-state index in [4.69, 9.17) is 23.2 Å². The molecule has 0 bridgehead atoms. The molecule has 0 aliphatic carbocycles. The normalized spacial score (nSPS) is 11.9. The monoisotopic (exact) mass is 373 g/mol. The molecule has 0 aromatic heterocycles. The zero-order valence-electron chi connectivity index (χ0n) is 10.1. The van der Waals surface area contributed by atoms with Crippen molar-refractivity contribution >= 4 is 50.8 Å². The first-order valence-electron chi connectivity index (χ1n) is 5.67. The molecule has 2 N–H and O–H groups in total. The average molecular weight is 375 g/mol. The molecule has 0 amide bonds. The lowest BCUT2D eigenvalue weighted by Crippen LogP contribution is -2.20. The Labute approximate surface area is 134 Å². The van der Waals surface area contributed by atoms with Gasteiger partial charge in [-0.05, 0) is 36.4 Å². The van der Waals surface area contributed by atoms with Crippen LogP contribution in [0.4, 0.5) is 5.69 Å². The predicted molar refractivity (Wildman–Crippen MR) is 84.6 cm³/mol. The van der Waals surface area contributed by atoms with E-state index in [9.17, 15) is 9.90 Å². The predicted octanol–water partition coefficient (Wildman–Crippen LogP) is 4.99. The summed E-state index contributed by atoms with van der Waals surface area (Å²) in [6, 6.07) is 11.0. The Morgan fingerprint density at radius 2 is 1.95 bits per heavy atom. The first-order valence-corrected chi connectivity index (χ1v) is 7.22. The van der Waals surface area contributed by atoms with Crippen molar-refractivity contribution in [2.75, 3.05) is 5.32 Å². The summed E-state index contributed by atoms with van der Waals surface area (Å²) in [4.78, 5) is 11.5. The van der Waals surface area contributed by atoms with Crippen molar-refractivity contribution in [1.29, 1.82) is 0 Å². The van der Waals surface area contributed by atoms with Crippen LogP contribution in [0.2, 0.25) is 10.0 Å². The van der Waals surface area contributed by atoms with Gasteiger partial charge in [0, 0.05) is 25.8 Å². The number of benzene rings is 2.